The highest BCUT2D eigenvalue weighted by molar-refractivity contribution is 7.88. The highest BCUT2D eigenvalue weighted by Gasteiger charge is 2.38. The second-order valence-electron chi connectivity index (χ2n) is 11.4. The number of H-pyrrole nitrogens is 1. The normalized spacial score (nSPS) is 19.7. The molecular weight excluding hydrogens is 510 g/mol. The Morgan fingerprint density at radius 3 is 2.53 bits per heavy atom. The minimum atomic E-state index is -3.71. The number of nitrogens with zero attached hydrogens (tertiary/aromatic N) is 1. The van der Waals surface area contributed by atoms with Gasteiger partial charge in [0.05, 0.1) is 24.6 Å². The summed E-state index contributed by atoms with van der Waals surface area (Å²) >= 11 is 0. The Morgan fingerprint density at radius 2 is 1.87 bits per heavy atom. The molecule has 0 aliphatic heterocycles. The predicted molar refractivity (Wildman–Crippen MR) is 143 cm³/mol. The molecule has 0 fully saturated rings. The van der Waals surface area contributed by atoms with Gasteiger partial charge in [0.1, 0.15) is 11.6 Å². The van der Waals surface area contributed by atoms with E-state index in [1.165, 1.54) is 5.56 Å². The van der Waals surface area contributed by atoms with E-state index in [2.05, 4.69) is 59.2 Å². The van der Waals surface area contributed by atoms with Gasteiger partial charge < -0.3 is 10.4 Å². The van der Waals surface area contributed by atoms with Gasteiger partial charge in [-0.05, 0) is 65.5 Å². The van der Waals surface area contributed by atoms with E-state index in [0.29, 0.717) is 6.42 Å². The van der Waals surface area contributed by atoms with Crippen molar-refractivity contribution in [2.75, 3.05) is 12.8 Å². The topological polar surface area (TPSA) is 107 Å². The van der Waals surface area contributed by atoms with E-state index in [4.69, 9.17) is 0 Å². The quantitative estimate of drug-likeness (QED) is 0.329. The standard InChI is InChI=1S/C28H36F2N4O3S/c1-27(2,3)20-6-5-7-21(13-20)28(9-8-24-19(15-28)16-32-33-24)31-17-26(35)25(34-38(4,36)37)12-18-10-22(29)14-23(30)11-18/h5-7,10-11,13-14,16,25-26,31,34-35H,8-9,12,15,17H2,1-4H3,(H,32,33)/t25-,26+,28?/m0/s1. The average molecular weight is 547 g/mol. The molecule has 0 radical (unpaired) electrons. The second-order valence-corrected chi connectivity index (χ2v) is 13.2. The van der Waals surface area contributed by atoms with Crippen molar-refractivity contribution in [1.29, 1.82) is 0 Å². The van der Waals surface area contributed by atoms with Gasteiger partial charge in [-0.2, -0.15) is 5.10 Å². The molecule has 1 aliphatic carbocycles. The summed E-state index contributed by atoms with van der Waals surface area (Å²) in [4.78, 5) is 0. The fraction of sp³-hybridized carbons (Fsp3) is 0.464. The first-order valence-electron chi connectivity index (χ1n) is 12.7. The molecule has 10 heteroatoms. The average Bonchev–Trinajstić information content (AvgIpc) is 3.28. The second kappa shape index (κ2) is 10.8. The zero-order valence-electron chi connectivity index (χ0n) is 22.2. The van der Waals surface area contributed by atoms with Gasteiger partial charge in [0.15, 0.2) is 0 Å². The zero-order valence-corrected chi connectivity index (χ0v) is 23.0. The molecule has 3 atom stereocenters. The lowest BCUT2D eigenvalue weighted by atomic mass is 9.74. The van der Waals surface area contributed by atoms with Gasteiger partial charge in [-0.3, -0.25) is 5.10 Å². The monoisotopic (exact) mass is 546 g/mol. The highest BCUT2D eigenvalue weighted by Crippen LogP contribution is 2.37. The Balaban J connectivity index is 1.62. The molecule has 0 amide bonds. The number of hydrogen-bond acceptors (Lipinski definition) is 5. The third-order valence-electron chi connectivity index (χ3n) is 7.24. The van der Waals surface area contributed by atoms with Gasteiger partial charge in [0, 0.05) is 23.8 Å². The Morgan fingerprint density at radius 1 is 1.16 bits per heavy atom. The number of aryl methyl sites for hydroxylation is 1. The maximum atomic E-state index is 13.8. The molecule has 0 saturated heterocycles. The maximum Gasteiger partial charge on any atom is 0.209 e. The highest BCUT2D eigenvalue weighted by atomic mass is 32.2. The van der Waals surface area contributed by atoms with Crippen LogP contribution in [-0.4, -0.2) is 48.7 Å². The third kappa shape index (κ3) is 6.85. The molecule has 38 heavy (non-hydrogen) atoms. The van der Waals surface area contributed by atoms with Crippen LogP contribution in [0.1, 0.15) is 55.1 Å². The molecule has 1 aromatic heterocycles. The SMILES string of the molecule is CC(C)(C)c1cccc(C2(NC[C@@H](O)[C@H](Cc3cc(F)cc(F)c3)NS(C)(=O)=O)CCc3[nH]ncc3C2)c1. The van der Waals surface area contributed by atoms with Crippen LogP contribution in [0.3, 0.4) is 0 Å². The van der Waals surface area contributed by atoms with E-state index in [9.17, 15) is 22.3 Å². The number of rotatable bonds is 9. The number of halogens is 2. The minimum Gasteiger partial charge on any atom is -0.390 e. The summed E-state index contributed by atoms with van der Waals surface area (Å²) in [6, 6.07) is 10.4. The Hall–Kier alpha value is -2.66. The number of hydrogen-bond donors (Lipinski definition) is 4. The van der Waals surface area contributed by atoms with Crippen LogP contribution in [0.2, 0.25) is 0 Å². The number of aliphatic hydroxyl groups is 1. The van der Waals surface area contributed by atoms with Crippen LogP contribution in [0.4, 0.5) is 8.78 Å². The van der Waals surface area contributed by atoms with Crippen LogP contribution in [0, 0.1) is 11.6 Å². The number of aromatic nitrogens is 2. The van der Waals surface area contributed by atoms with Crippen molar-refractivity contribution >= 4 is 10.0 Å². The van der Waals surface area contributed by atoms with E-state index in [1.54, 1.807) is 0 Å². The van der Waals surface area contributed by atoms with E-state index in [0.717, 1.165) is 54.1 Å². The fourth-order valence-electron chi connectivity index (χ4n) is 5.20. The van der Waals surface area contributed by atoms with Crippen molar-refractivity contribution in [2.24, 2.45) is 0 Å². The summed E-state index contributed by atoms with van der Waals surface area (Å²) in [5.74, 6) is -1.52. The lowest BCUT2D eigenvalue weighted by Crippen LogP contribution is -2.54. The van der Waals surface area contributed by atoms with Gasteiger partial charge in [0.25, 0.3) is 0 Å². The van der Waals surface area contributed by atoms with Gasteiger partial charge in [-0.25, -0.2) is 21.9 Å². The zero-order chi connectivity index (χ0) is 27.7. The summed E-state index contributed by atoms with van der Waals surface area (Å²) in [5.41, 5.74) is 4.08. The summed E-state index contributed by atoms with van der Waals surface area (Å²) in [6.45, 7) is 6.52. The minimum absolute atomic E-state index is 0.0535. The molecule has 3 aromatic rings. The van der Waals surface area contributed by atoms with Crippen LogP contribution < -0.4 is 10.0 Å². The molecule has 206 valence electrons. The van der Waals surface area contributed by atoms with Gasteiger partial charge in [0.2, 0.25) is 10.0 Å². The summed E-state index contributed by atoms with van der Waals surface area (Å²) in [5, 5.41) is 22.0. The largest absolute Gasteiger partial charge is 0.390 e. The number of sulfonamides is 1. The lowest BCUT2D eigenvalue weighted by molar-refractivity contribution is 0.117. The van der Waals surface area contributed by atoms with Crippen molar-refractivity contribution in [3.8, 4) is 0 Å². The molecule has 4 N–H and O–H groups in total. The molecule has 7 nitrogen and oxygen atoms in total. The van der Waals surface area contributed by atoms with E-state index < -0.39 is 39.3 Å². The van der Waals surface area contributed by atoms with Crippen molar-refractivity contribution in [3.63, 3.8) is 0 Å². The van der Waals surface area contributed by atoms with Crippen LogP contribution in [0.25, 0.3) is 0 Å². The molecule has 4 rings (SSSR count). The van der Waals surface area contributed by atoms with Crippen molar-refractivity contribution in [3.05, 3.63) is 88.2 Å². The first-order valence-corrected chi connectivity index (χ1v) is 14.6. The number of nitrogens with one attached hydrogen (secondary N) is 3. The van der Waals surface area contributed by atoms with Gasteiger partial charge in [-0.1, -0.05) is 45.0 Å². The predicted octanol–water partition coefficient (Wildman–Crippen LogP) is 3.48. The molecule has 2 aromatic carbocycles. The molecule has 0 saturated carbocycles. The Kier molecular flexibility index (Phi) is 8.09. The maximum absolute atomic E-state index is 13.8. The Labute approximate surface area is 223 Å². The number of fused-ring (bicyclic) bond motifs is 1. The molecule has 1 unspecified atom stereocenters. The Bertz CT molecular complexity index is 1370. The summed E-state index contributed by atoms with van der Waals surface area (Å²) in [7, 11) is -3.71. The number of aromatic amines is 1. The van der Waals surface area contributed by atoms with Gasteiger partial charge in [-0.15, -0.1) is 0 Å². The summed E-state index contributed by atoms with van der Waals surface area (Å²) < 4.78 is 54.2. The molecule has 0 spiro atoms. The lowest BCUT2D eigenvalue weighted by Gasteiger charge is -2.40. The molecular formula is C28H36F2N4O3S. The molecule has 0 bridgehead atoms. The number of aliphatic hydroxyl groups excluding tert-OH is 1. The number of benzene rings is 2. The van der Waals surface area contributed by atoms with E-state index >= 15 is 0 Å². The fourth-order valence-corrected chi connectivity index (χ4v) is 5.99. The third-order valence-corrected chi connectivity index (χ3v) is 7.97. The summed E-state index contributed by atoms with van der Waals surface area (Å²) in [6.07, 6.45) is 3.69. The smallest absolute Gasteiger partial charge is 0.209 e. The van der Waals surface area contributed by atoms with E-state index in [-0.39, 0.29) is 23.9 Å². The molecule has 1 aliphatic rings. The van der Waals surface area contributed by atoms with Gasteiger partial charge >= 0.3 is 0 Å². The molecule has 1 heterocycles. The van der Waals surface area contributed by atoms with Crippen LogP contribution in [-0.2, 0) is 40.2 Å². The van der Waals surface area contributed by atoms with E-state index in [1.807, 2.05) is 12.3 Å². The first-order chi connectivity index (χ1) is 17.7. The van der Waals surface area contributed by atoms with Crippen LogP contribution in [0.15, 0.2) is 48.7 Å². The van der Waals surface area contributed by atoms with Crippen LogP contribution >= 0.6 is 0 Å². The van der Waals surface area contributed by atoms with Crippen molar-refractivity contribution < 1.29 is 22.3 Å². The van der Waals surface area contributed by atoms with Crippen LogP contribution in [0.5, 0.6) is 0 Å². The van der Waals surface area contributed by atoms with Crippen molar-refractivity contribution in [2.45, 2.75) is 69.6 Å². The van der Waals surface area contributed by atoms with Crippen molar-refractivity contribution in [1.82, 2.24) is 20.2 Å². The first kappa shape index (κ1) is 28.4.